The topological polar surface area (TPSA) is 44.1 Å². The highest BCUT2D eigenvalue weighted by Crippen LogP contribution is 2.50. The van der Waals surface area contributed by atoms with Crippen LogP contribution < -0.4 is 0 Å². The predicted octanol–water partition coefficient (Wildman–Crippen LogP) is 2.12. The standard InChI is InChI=1S/C13H20N2O/c1-11(16)9-12-3-2-8-15(12)10-13(4-5-13)6-7-14/h12H,2-6,8-10H2,1H3. The third-order valence-electron chi connectivity index (χ3n) is 3.97. The van der Waals surface area contributed by atoms with Crippen molar-refractivity contribution < 1.29 is 4.79 Å². The van der Waals surface area contributed by atoms with Crippen LogP contribution >= 0.6 is 0 Å². The lowest BCUT2D eigenvalue weighted by atomic mass is 10.0. The number of carbonyl (C=O) groups excluding carboxylic acids is 1. The van der Waals surface area contributed by atoms with E-state index in [0.29, 0.717) is 24.7 Å². The van der Waals surface area contributed by atoms with Gasteiger partial charge in [-0.3, -0.25) is 9.69 Å². The summed E-state index contributed by atoms with van der Waals surface area (Å²) in [5.41, 5.74) is 0.286. The van der Waals surface area contributed by atoms with Gasteiger partial charge in [0.25, 0.3) is 0 Å². The molecule has 1 aliphatic carbocycles. The van der Waals surface area contributed by atoms with Crippen molar-refractivity contribution in [3.8, 4) is 6.07 Å². The molecule has 1 aliphatic heterocycles. The van der Waals surface area contributed by atoms with Gasteiger partial charge in [-0.1, -0.05) is 0 Å². The average molecular weight is 220 g/mol. The average Bonchev–Trinajstić information content (AvgIpc) is 2.82. The van der Waals surface area contributed by atoms with Crippen molar-refractivity contribution in [1.82, 2.24) is 4.90 Å². The molecule has 1 unspecified atom stereocenters. The van der Waals surface area contributed by atoms with Gasteiger partial charge in [-0.2, -0.15) is 5.26 Å². The second kappa shape index (κ2) is 4.55. The van der Waals surface area contributed by atoms with Gasteiger partial charge in [-0.05, 0) is 44.6 Å². The molecule has 3 heteroatoms. The van der Waals surface area contributed by atoms with E-state index in [9.17, 15) is 4.79 Å². The molecule has 0 amide bonds. The molecule has 0 N–H and O–H groups in total. The van der Waals surface area contributed by atoms with Gasteiger partial charge in [-0.25, -0.2) is 0 Å². The van der Waals surface area contributed by atoms with Crippen molar-refractivity contribution in [1.29, 1.82) is 5.26 Å². The molecule has 3 nitrogen and oxygen atoms in total. The first-order valence-electron chi connectivity index (χ1n) is 6.26. The second-order valence-corrected chi connectivity index (χ2v) is 5.51. The molecule has 0 aromatic heterocycles. The third kappa shape index (κ3) is 2.62. The van der Waals surface area contributed by atoms with E-state index in [1.54, 1.807) is 6.92 Å². The van der Waals surface area contributed by atoms with E-state index in [2.05, 4.69) is 11.0 Å². The van der Waals surface area contributed by atoms with Crippen LogP contribution in [0.1, 0.15) is 45.4 Å². The van der Waals surface area contributed by atoms with Crippen LogP contribution in [0.15, 0.2) is 0 Å². The monoisotopic (exact) mass is 220 g/mol. The van der Waals surface area contributed by atoms with Crippen molar-refractivity contribution >= 4 is 5.78 Å². The maximum Gasteiger partial charge on any atom is 0.131 e. The van der Waals surface area contributed by atoms with E-state index in [0.717, 1.165) is 19.5 Å². The first-order valence-corrected chi connectivity index (χ1v) is 6.26. The lowest BCUT2D eigenvalue weighted by molar-refractivity contribution is -0.118. The number of carbonyl (C=O) groups is 1. The smallest absolute Gasteiger partial charge is 0.131 e. The van der Waals surface area contributed by atoms with Crippen LogP contribution in [-0.2, 0) is 4.79 Å². The zero-order chi connectivity index (χ0) is 11.6. The number of ketones is 1. The summed E-state index contributed by atoms with van der Waals surface area (Å²) < 4.78 is 0. The van der Waals surface area contributed by atoms with Crippen molar-refractivity contribution in [2.45, 2.75) is 51.5 Å². The molecule has 1 saturated carbocycles. The molecule has 0 spiro atoms. The molecule has 0 aromatic carbocycles. The van der Waals surface area contributed by atoms with E-state index in [1.807, 2.05) is 0 Å². The van der Waals surface area contributed by atoms with Crippen LogP contribution in [0.5, 0.6) is 0 Å². The van der Waals surface area contributed by atoms with E-state index in [4.69, 9.17) is 5.26 Å². The molecule has 16 heavy (non-hydrogen) atoms. The minimum Gasteiger partial charge on any atom is -0.300 e. The van der Waals surface area contributed by atoms with Crippen molar-refractivity contribution in [2.24, 2.45) is 5.41 Å². The van der Waals surface area contributed by atoms with E-state index in [-0.39, 0.29) is 5.41 Å². The number of nitrogens with zero attached hydrogens (tertiary/aromatic N) is 2. The third-order valence-corrected chi connectivity index (χ3v) is 3.97. The van der Waals surface area contributed by atoms with Crippen LogP contribution in [0, 0.1) is 16.7 Å². The highest BCUT2D eigenvalue weighted by Gasteiger charge is 2.45. The Bertz CT molecular complexity index is 314. The van der Waals surface area contributed by atoms with E-state index < -0.39 is 0 Å². The van der Waals surface area contributed by atoms with Crippen molar-refractivity contribution in [3.05, 3.63) is 0 Å². The number of hydrogen-bond acceptors (Lipinski definition) is 3. The van der Waals surface area contributed by atoms with Crippen LogP contribution in [0.4, 0.5) is 0 Å². The first kappa shape index (κ1) is 11.6. The molecule has 0 radical (unpaired) electrons. The Kier molecular flexibility index (Phi) is 3.30. The zero-order valence-electron chi connectivity index (χ0n) is 10.0. The Morgan fingerprint density at radius 3 is 2.88 bits per heavy atom. The Balaban J connectivity index is 1.89. The molecular weight excluding hydrogens is 200 g/mol. The largest absolute Gasteiger partial charge is 0.300 e. The minimum absolute atomic E-state index is 0.286. The summed E-state index contributed by atoms with van der Waals surface area (Å²) in [6.45, 7) is 3.84. The number of Topliss-reactive ketones (excluding diaryl/α,β-unsaturated/α-hetero) is 1. The summed E-state index contributed by atoms with van der Waals surface area (Å²) in [7, 11) is 0. The summed E-state index contributed by atoms with van der Waals surface area (Å²) in [5, 5.41) is 8.80. The minimum atomic E-state index is 0.286. The molecule has 1 heterocycles. The summed E-state index contributed by atoms with van der Waals surface area (Å²) >= 11 is 0. The molecule has 0 bridgehead atoms. The van der Waals surface area contributed by atoms with E-state index in [1.165, 1.54) is 19.3 Å². The molecule has 1 saturated heterocycles. The molecule has 2 rings (SSSR count). The van der Waals surface area contributed by atoms with Crippen LogP contribution in [0.2, 0.25) is 0 Å². The second-order valence-electron chi connectivity index (χ2n) is 5.51. The number of likely N-dealkylation sites (tertiary alicyclic amines) is 1. The number of hydrogen-bond donors (Lipinski definition) is 0. The normalized spacial score (nSPS) is 27.6. The maximum absolute atomic E-state index is 11.2. The van der Waals surface area contributed by atoms with Gasteiger partial charge in [0.05, 0.1) is 6.07 Å². The van der Waals surface area contributed by atoms with E-state index >= 15 is 0 Å². The van der Waals surface area contributed by atoms with Crippen LogP contribution in [0.25, 0.3) is 0 Å². The van der Waals surface area contributed by atoms with Gasteiger partial charge in [0.15, 0.2) is 0 Å². The first-order chi connectivity index (χ1) is 7.65. The Morgan fingerprint density at radius 1 is 1.56 bits per heavy atom. The summed E-state index contributed by atoms with van der Waals surface area (Å²) in [6.07, 6.45) is 6.15. The quantitative estimate of drug-likeness (QED) is 0.713. The number of nitriles is 1. The van der Waals surface area contributed by atoms with Gasteiger partial charge >= 0.3 is 0 Å². The lowest BCUT2D eigenvalue weighted by Gasteiger charge is -2.27. The van der Waals surface area contributed by atoms with Crippen molar-refractivity contribution in [3.63, 3.8) is 0 Å². The Labute approximate surface area is 97.4 Å². The Hall–Kier alpha value is -0.880. The SMILES string of the molecule is CC(=O)CC1CCCN1CC1(CC#N)CC1. The fourth-order valence-electron chi connectivity index (χ4n) is 2.83. The fraction of sp³-hybridized carbons (Fsp3) is 0.846. The van der Waals surface area contributed by atoms with Crippen LogP contribution in [0.3, 0.4) is 0 Å². The summed E-state index contributed by atoms with van der Waals surface area (Å²) in [5.74, 6) is 0.294. The Morgan fingerprint density at radius 2 is 2.31 bits per heavy atom. The lowest BCUT2D eigenvalue weighted by Crippen LogP contribution is -2.35. The maximum atomic E-state index is 11.2. The molecule has 0 aromatic rings. The van der Waals surface area contributed by atoms with Gasteiger partial charge < -0.3 is 0 Å². The summed E-state index contributed by atoms with van der Waals surface area (Å²) in [6, 6.07) is 2.76. The molecule has 2 fully saturated rings. The van der Waals surface area contributed by atoms with Gasteiger partial charge in [0.1, 0.15) is 5.78 Å². The van der Waals surface area contributed by atoms with Gasteiger partial charge in [0.2, 0.25) is 0 Å². The highest BCUT2D eigenvalue weighted by molar-refractivity contribution is 5.76. The highest BCUT2D eigenvalue weighted by atomic mass is 16.1. The summed E-state index contributed by atoms with van der Waals surface area (Å²) in [4.78, 5) is 13.6. The molecule has 2 aliphatic rings. The van der Waals surface area contributed by atoms with Crippen molar-refractivity contribution in [2.75, 3.05) is 13.1 Å². The van der Waals surface area contributed by atoms with Gasteiger partial charge in [-0.15, -0.1) is 0 Å². The molecule has 1 atom stereocenters. The fourth-order valence-corrected chi connectivity index (χ4v) is 2.83. The molecular formula is C13H20N2O. The van der Waals surface area contributed by atoms with Crippen LogP contribution in [-0.4, -0.2) is 29.8 Å². The molecule has 88 valence electrons. The predicted molar refractivity (Wildman–Crippen MR) is 61.8 cm³/mol. The zero-order valence-corrected chi connectivity index (χ0v) is 10.0. The van der Waals surface area contributed by atoms with Gasteiger partial charge in [0, 0.05) is 25.4 Å². The number of rotatable bonds is 5.